The first-order chi connectivity index (χ1) is 9.70. The first kappa shape index (κ1) is 14.7. The Labute approximate surface area is 122 Å². The maximum absolute atomic E-state index is 9.31. The quantitative estimate of drug-likeness (QED) is 0.820. The Morgan fingerprint density at radius 2 is 1.50 bits per heavy atom. The maximum atomic E-state index is 9.31. The zero-order chi connectivity index (χ0) is 14.4. The Bertz CT molecular complexity index is 518. The summed E-state index contributed by atoms with van der Waals surface area (Å²) in [6.45, 7) is 4.53. The molecular weight excluding hydrogens is 264 g/mol. The van der Waals surface area contributed by atoms with E-state index in [-0.39, 0.29) is 5.75 Å². The molecule has 0 aliphatic carbocycles. The van der Waals surface area contributed by atoms with Crippen molar-refractivity contribution >= 4 is 13.3 Å². The minimum Gasteiger partial charge on any atom is -0.508 e. The third-order valence-electron chi connectivity index (χ3n) is 4.09. The highest BCUT2D eigenvalue weighted by atomic mass is 28.3. The molecule has 0 aliphatic heterocycles. The fraction of sp³-hybridized carbons (Fsp3) is 0.294. The molecule has 0 aromatic heterocycles. The molecule has 0 radical (unpaired) electrons. The summed E-state index contributed by atoms with van der Waals surface area (Å²) in [5.74, 6) is 1.10. The highest BCUT2D eigenvalue weighted by Gasteiger charge is 2.32. The van der Waals surface area contributed by atoms with Crippen LogP contribution >= 0.6 is 0 Å². The predicted molar refractivity (Wildman–Crippen MR) is 86.4 cm³/mol. The molecule has 0 unspecified atom stereocenters. The molecule has 0 spiro atoms. The van der Waals surface area contributed by atoms with E-state index in [0.29, 0.717) is 0 Å². The van der Waals surface area contributed by atoms with E-state index in [4.69, 9.17) is 4.74 Å². The Hall–Kier alpha value is -1.74. The second kappa shape index (κ2) is 6.62. The van der Waals surface area contributed by atoms with E-state index in [1.54, 1.807) is 12.1 Å². The lowest BCUT2D eigenvalue weighted by Gasteiger charge is -2.29. The lowest BCUT2D eigenvalue weighted by molar-refractivity contribution is 0.376. The van der Waals surface area contributed by atoms with Gasteiger partial charge in [-0.25, -0.2) is 0 Å². The molecular formula is C17H22O2Si. The molecule has 0 saturated heterocycles. The van der Waals surface area contributed by atoms with Gasteiger partial charge in [0, 0.05) is 0 Å². The first-order valence-electron chi connectivity index (χ1n) is 7.17. The van der Waals surface area contributed by atoms with Gasteiger partial charge in [-0.2, -0.15) is 0 Å². The molecule has 2 rings (SSSR count). The van der Waals surface area contributed by atoms with Gasteiger partial charge in [0.05, 0.1) is 6.23 Å². The largest absolute Gasteiger partial charge is 0.508 e. The fourth-order valence-electron chi connectivity index (χ4n) is 2.50. The molecule has 106 valence electrons. The summed E-state index contributed by atoms with van der Waals surface area (Å²) in [7, 11) is -1.60. The second-order valence-corrected chi connectivity index (χ2v) is 9.98. The molecule has 2 aromatic rings. The van der Waals surface area contributed by atoms with E-state index in [9.17, 15) is 5.11 Å². The van der Waals surface area contributed by atoms with Crippen LogP contribution in [0.2, 0.25) is 12.1 Å². The van der Waals surface area contributed by atoms with Crippen LogP contribution in [0.25, 0.3) is 0 Å². The van der Waals surface area contributed by atoms with Crippen LogP contribution in [-0.4, -0.2) is 19.4 Å². The maximum Gasteiger partial charge on any atom is 0.129 e. The van der Waals surface area contributed by atoms with Gasteiger partial charge in [0.15, 0.2) is 0 Å². The van der Waals surface area contributed by atoms with Crippen molar-refractivity contribution in [2.45, 2.75) is 25.9 Å². The number of benzene rings is 2. The molecule has 0 atom stereocenters. The molecule has 0 amide bonds. The van der Waals surface area contributed by atoms with Crippen LogP contribution in [0.5, 0.6) is 11.5 Å². The summed E-state index contributed by atoms with van der Waals surface area (Å²) in [6, 6.07) is 20.1. The molecule has 0 saturated carbocycles. The highest BCUT2D eigenvalue weighted by Crippen LogP contribution is 2.20. The zero-order valence-corrected chi connectivity index (χ0v) is 13.2. The van der Waals surface area contributed by atoms with Crippen molar-refractivity contribution in [3.05, 3.63) is 54.6 Å². The minimum absolute atomic E-state index is 0.273. The van der Waals surface area contributed by atoms with Gasteiger partial charge in [-0.1, -0.05) is 61.5 Å². The van der Waals surface area contributed by atoms with Crippen molar-refractivity contribution in [3.8, 4) is 11.5 Å². The second-order valence-electron chi connectivity index (χ2n) is 5.14. The summed E-state index contributed by atoms with van der Waals surface area (Å²) >= 11 is 0. The van der Waals surface area contributed by atoms with E-state index in [2.05, 4.69) is 44.2 Å². The average Bonchev–Trinajstić information content (AvgIpc) is 2.51. The number of rotatable bonds is 6. The third kappa shape index (κ3) is 3.22. The summed E-state index contributed by atoms with van der Waals surface area (Å²) < 4.78 is 6.01. The molecule has 1 N–H and O–H groups in total. The number of hydrogen-bond acceptors (Lipinski definition) is 2. The number of hydrogen-bond donors (Lipinski definition) is 1. The van der Waals surface area contributed by atoms with Crippen molar-refractivity contribution in [1.29, 1.82) is 0 Å². The molecule has 0 bridgehead atoms. The highest BCUT2D eigenvalue weighted by molar-refractivity contribution is 6.91. The summed E-state index contributed by atoms with van der Waals surface area (Å²) in [6.07, 6.45) is 0.786. The van der Waals surface area contributed by atoms with Crippen LogP contribution < -0.4 is 9.92 Å². The van der Waals surface area contributed by atoms with Gasteiger partial charge in [0.1, 0.15) is 19.6 Å². The van der Waals surface area contributed by atoms with E-state index < -0.39 is 8.07 Å². The van der Waals surface area contributed by atoms with Crippen molar-refractivity contribution in [3.63, 3.8) is 0 Å². The number of ether oxygens (including phenoxy) is 1. The SMILES string of the molecule is CC[Si](CC)(COc1ccc(O)cc1)c1ccccc1. The Balaban J connectivity index is 2.15. The monoisotopic (exact) mass is 286 g/mol. The van der Waals surface area contributed by atoms with E-state index in [0.717, 1.165) is 12.0 Å². The van der Waals surface area contributed by atoms with Gasteiger partial charge in [-0.15, -0.1) is 0 Å². The van der Waals surface area contributed by atoms with Crippen LogP contribution in [0.4, 0.5) is 0 Å². The molecule has 0 fully saturated rings. The number of phenols is 1. The molecule has 2 aromatic carbocycles. The van der Waals surface area contributed by atoms with E-state index in [1.165, 1.54) is 17.3 Å². The van der Waals surface area contributed by atoms with Gasteiger partial charge in [0.2, 0.25) is 0 Å². The summed E-state index contributed by atoms with van der Waals surface area (Å²) in [5, 5.41) is 10.8. The Kier molecular flexibility index (Phi) is 4.85. The Morgan fingerprint density at radius 3 is 2.05 bits per heavy atom. The first-order valence-corrected chi connectivity index (χ1v) is 9.79. The van der Waals surface area contributed by atoms with Crippen molar-refractivity contribution in [1.82, 2.24) is 0 Å². The predicted octanol–water partition coefficient (Wildman–Crippen LogP) is 3.71. The third-order valence-corrected chi connectivity index (χ3v) is 9.05. The van der Waals surface area contributed by atoms with Gasteiger partial charge >= 0.3 is 0 Å². The molecule has 0 aliphatic rings. The van der Waals surface area contributed by atoms with Crippen molar-refractivity contribution < 1.29 is 9.84 Å². The van der Waals surface area contributed by atoms with E-state index in [1.807, 2.05) is 12.1 Å². The lowest BCUT2D eigenvalue weighted by atomic mass is 10.3. The normalized spacial score (nSPS) is 11.3. The topological polar surface area (TPSA) is 29.5 Å². The van der Waals surface area contributed by atoms with E-state index >= 15 is 0 Å². The van der Waals surface area contributed by atoms with Crippen molar-refractivity contribution in [2.24, 2.45) is 0 Å². The average molecular weight is 286 g/mol. The summed E-state index contributed by atoms with van der Waals surface area (Å²) in [4.78, 5) is 0. The van der Waals surface area contributed by atoms with Gasteiger partial charge in [-0.05, 0) is 24.3 Å². The molecule has 2 nitrogen and oxygen atoms in total. The number of phenolic OH excluding ortho intramolecular Hbond substituents is 1. The summed E-state index contributed by atoms with van der Waals surface area (Å²) in [5.41, 5.74) is 0. The van der Waals surface area contributed by atoms with Gasteiger partial charge < -0.3 is 9.84 Å². The molecule has 0 heterocycles. The van der Waals surface area contributed by atoms with Gasteiger partial charge in [0.25, 0.3) is 0 Å². The smallest absolute Gasteiger partial charge is 0.129 e. The number of aromatic hydroxyl groups is 1. The standard InChI is InChI=1S/C17H22O2Si/c1-3-20(4-2,17-8-6-5-7-9-17)14-19-16-12-10-15(18)11-13-16/h5-13,18H,3-4,14H2,1-2H3. The van der Waals surface area contributed by atoms with Crippen LogP contribution in [-0.2, 0) is 0 Å². The van der Waals surface area contributed by atoms with Crippen molar-refractivity contribution in [2.75, 3.05) is 6.23 Å². The minimum atomic E-state index is -1.60. The van der Waals surface area contributed by atoms with Crippen LogP contribution in [0.3, 0.4) is 0 Å². The lowest BCUT2D eigenvalue weighted by Crippen LogP contribution is -2.52. The fourth-order valence-corrected chi connectivity index (χ4v) is 5.74. The van der Waals surface area contributed by atoms with Crippen LogP contribution in [0, 0.1) is 0 Å². The zero-order valence-electron chi connectivity index (χ0n) is 12.2. The van der Waals surface area contributed by atoms with Crippen LogP contribution in [0.15, 0.2) is 54.6 Å². The van der Waals surface area contributed by atoms with Crippen LogP contribution in [0.1, 0.15) is 13.8 Å². The molecule has 3 heteroatoms. The Morgan fingerprint density at radius 1 is 0.900 bits per heavy atom. The molecule has 20 heavy (non-hydrogen) atoms. The van der Waals surface area contributed by atoms with Gasteiger partial charge in [-0.3, -0.25) is 0 Å².